The van der Waals surface area contributed by atoms with Gasteiger partial charge in [0.25, 0.3) is 11.5 Å². The lowest BCUT2D eigenvalue weighted by molar-refractivity contribution is 0.0505. The number of aryl methyl sites for hydroxylation is 1. The number of halogens is 1. The van der Waals surface area contributed by atoms with Crippen LogP contribution in [0.4, 0.5) is 4.39 Å². The molecule has 6 heteroatoms. The third-order valence-corrected chi connectivity index (χ3v) is 4.28. The number of hydrogen-bond acceptors (Lipinski definition) is 3. The van der Waals surface area contributed by atoms with Gasteiger partial charge in [-0.1, -0.05) is 12.1 Å². The summed E-state index contributed by atoms with van der Waals surface area (Å²) >= 11 is 0. The van der Waals surface area contributed by atoms with Crippen molar-refractivity contribution >= 4 is 5.91 Å². The highest BCUT2D eigenvalue weighted by molar-refractivity contribution is 5.93. The number of H-pyrrole nitrogens is 1. The molecule has 2 aromatic rings. The van der Waals surface area contributed by atoms with E-state index in [1.807, 2.05) is 0 Å². The molecule has 3 rings (SSSR count). The number of ether oxygens (including phenoxy) is 1. The number of aromatic amines is 1. The highest BCUT2D eigenvalue weighted by atomic mass is 19.1. The van der Waals surface area contributed by atoms with Gasteiger partial charge in [-0.3, -0.25) is 9.59 Å². The zero-order valence-electron chi connectivity index (χ0n) is 14.1. The van der Waals surface area contributed by atoms with Gasteiger partial charge in [-0.05, 0) is 49.6 Å². The molecule has 1 aliphatic rings. The smallest absolute Gasteiger partial charge is 0.260 e. The van der Waals surface area contributed by atoms with Gasteiger partial charge in [0.1, 0.15) is 11.4 Å². The maximum atomic E-state index is 13.5. The Bertz CT molecular complexity index is 812. The lowest BCUT2D eigenvalue weighted by Gasteiger charge is -2.25. The number of carbonyl (C=O) groups excluding carboxylic acids is 1. The average Bonchev–Trinajstić information content (AvgIpc) is 3.07. The predicted molar refractivity (Wildman–Crippen MR) is 91.9 cm³/mol. The molecule has 25 heavy (non-hydrogen) atoms. The molecule has 1 saturated heterocycles. The summed E-state index contributed by atoms with van der Waals surface area (Å²) in [7, 11) is 0. The van der Waals surface area contributed by atoms with Crippen LogP contribution >= 0.6 is 0 Å². The van der Waals surface area contributed by atoms with Crippen LogP contribution in [0.1, 0.15) is 34.5 Å². The van der Waals surface area contributed by atoms with Crippen molar-refractivity contribution in [2.75, 3.05) is 13.2 Å². The van der Waals surface area contributed by atoms with Crippen molar-refractivity contribution in [3.63, 3.8) is 0 Å². The third kappa shape index (κ3) is 4.33. The van der Waals surface area contributed by atoms with Crippen molar-refractivity contribution in [2.45, 2.75) is 32.4 Å². The topological polar surface area (TPSA) is 62.4 Å². The van der Waals surface area contributed by atoms with Gasteiger partial charge in [-0.15, -0.1) is 0 Å². The standard InChI is InChI=1S/C19H21FN2O3/c1-13-7-8-17(18(23)21-13)19(24)22(12-16-6-3-9-25-16)11-14-4-2-5-15(20)10-14/h2,4-5,7-8,10,16H,3,6,9,11-12H2,1H3,(H,21,23)/t16-/m0/s1. The van der Waals surface area contributed by atoms with E-state index >= 15 is 0 Å². The molecule has 1 fully saturated rings. The zero-order chi connectivity index (χ0) is 17.8. The van der Waals surface area contributed by atoms with Crippen molar-refractivity contribution in [3.05, 3.63) is 69.4 Å². The fourth-order valence-corrected chi connectivity index (χ4v) is 3.02. The molecule has 5 nitrogen and oxygen atoms in total. The Morgan fingerprint density at radius 1 is 1.36 bits per heavy atom. The van der Waals surface area contributed by atoms with Gasteiger partial charge in [-0.2, -0.15) is 0 Å². The van der Waals surface area contributed by atoms with Gasteiger partial charge in [0.15, 0.2) is 0 Å². The molecule has 0 saturated carbocycles. The normalized spacial score (nSPS) is 16.8. The van der Waals surface area contributed by atoms with E-state index in [0.29, 0.717) is 24.4 Å². The summed E-state index contributed by atoms with van der Waals surface area (Å²) in [5.74, 6) is -0.726. The monoisotopic (exact) mass is 344 g/mol. The van der Waals surface area contributed by atoms with E-state index in [2.05, 4.69) is 4.98 Å². The number of aromatic nitrogens is 1. The van der Waals surface area contributed by atoms with Gasteiger partial charge in [0.05, 0.1) is 6.10 Å². The number of benzene rings is 1. The number of amides is 1. The van der Waals surface area contributed by atoms with Crippen LogP contribution in [0.25, 0.3) is 0 Å². The minimum absolute atomic E-state index is 0.0537. The molecule has 1 aromatic heterocycles. The van der Waals surface area contributed by atoms with E-state index in [9.17, 15) is 14.0 Å². The molecule has 0 bridgehead atoms. The van der Waals surface area contributed by atoms with Crippen LogP contribution in [0, 0.1) is 12.7 Å². The fraction of sp³-hybridized carbons (Fsp3) is 0.368. The molecule has 132 valence electrons. The average molecular weight is 344 g/mol. The van der Waals surface area contributed by atoms with E-state index in [1.54, 1.807) is 30.0 Å². The number of nitrogens with one attached hydrogen (secondary N) is 1. The summed E-state index contributed by atoms with van der Waals surface area (Å²) in [5.41, 5.74) is 1.04. The minimum atomic E-state index is -0.415. The van der Waals surface area contributed by atoms with Crippen molar-refractivity contribution in [2.24, 2.45) is 0 Å². The van der Waals surface area contributed by atoms with Gasteiger partial charge in [0.2, 0.25) is 0 Å². The summed E-state index contributed by atoms with van der Waals surface area (Å²) in [6, 6.07) is 9.36. The molecule has 1 aliphatic heterocycles. The van der Waals surface area contributed by atoms with E-state index in [4.69, 9.17) is 4.74 Å². The Kier molecular flexibility index (Phi) is 5.28. The molecule has 0 unspecified atom stereocenters. The Balaban J connectivity index is 1.86. The second-order valence-electron chi connectivity index (χ2n) is 6.33. The molecule has 1 atom stereocenters. The van der Waals surface area contributed by atoms with Crippen molar-refractivity contribution < 1.29 is 13.9 Å². The molecular weight excluding hydrogens is 323 g/mol. The fourth-order valence-electron chi connectivity index (χ4n) is 3.02. The maximum Gasteiger partial charge on any atom is 0.260 e. The van der Waals surface area contributed by atoms with Crippen LogP contribution in [-0.2, 0) is 11.3 Å². The number of carbonyl (C=O) groups is 1. The Morgan fingerprint density at radius 2 is 2.20 bits per heavy atom. The van der Waals surface area contributed by atoms with Crippen LogP contribution < -0.4 is 5.56 Å². The lowest BCUT2D eigenvalue weighted by atomic mass is 10.1. The van der Waals surface area contributed by atoms with Crippen LogP contribution in [0.2, 0.25) is 0 Å². The van der Waals surface area contributed by atoms with Gasteiger partial charge in [-0.25, -0.2) is 4.39 Å². The van der Waals surface area contributed by atoms with E-state index in [-0.39, 0.29) is 29.9 Å². The van der Waals surface area contributed by atoms with Gasteiger partial charge < -0.3 is 14.6 Å². The molecule has 1 N–H and O–H groups in total. The summed E-state index contributed by atoms with van der Waals surface area (Å²) < 4.78 is 19.1. The van der Waals surface area contributed by atoms with Crippen molar-refractivity contribution in [1.82, 2.24) is 9.88 Å². The van der Waals surface area contributed by atoms with Crippen molar-refractivity contribution in [3.8, 4) is 0 Å². The second kappa shape index (κ2) is 7.61. The predicted octanol–water partition coefficient (Wildman–Crippen LogP) is 2.64. The molecular formula is C19H21FN2O3. The van der Waals surface area contributed by atoms with Crippen molar-refractivity contribution in [1.29, 1.82) is 0 Å². The number of nitrogens with zero attached hydrogens (tertiary/aromatic N) is 1. The summed E-state index contributed by atoms with van der Waals surface area (Å²) in [4.78, 5) is 29.3. The minimum Gasteiger partial charge on any atom is -0.376 e. The molecule has 0 aliphatic carbocycles. The third-order valence-electron chi connectivity index (χ3n) is 4.28. The summed E-state index contributed by atoms with van der Waals surface area (Å²) in [6.07, 6.45) is 1.77. The molecule has 1 amide bonds. The van der Waals surface area contributed by atoms with Crippen LogP contribution in [0.3, 0.4) is 0 Å². The molecule has 0 radical (unpaired) electrons. The van der Waals surface area contributed by atoms with Crippen LogP contribution in [-0.4, -0.2) is 35.0 Å². The lowest BCUT2D eigenvalue weighted by Crippen LogP contribution is -2.39. The highest BCUT2D eigenvalue weighted by Gasteiger charge is 2.25. The number of hydrogen-bond donors (Lipinski definition) is 1. The van der Waals surface area contributed by atoms with Gasteiger partial charge in [0, 0.05) is 25.4 Å². The van der Waals surface area contributed by atoms with E-state index in [0.717, 1.165) is 12.8 Å². The summed E-state index contributed by atoms with van der Waals surface area (Å²) in [5, 5.41) is 0. The highest BCUT2D eigenvalue weighted by Crippen LogP contribution is 2.17. The van der Waals surface area contributed by atoms with E-state index < -0.39 is 5.56 Å². The largest absolute Gasteiger partial charge is 0.376 e. The molecule has 2 heterocycles. The van der Waals surface area contributed by atoms with Crippen LogP contribution in [0.15, 0.2) is 41.2 Å². The first-order valence-corrected chi connectivity index (χ1v) is 8.38. The Morgan fingerprint density at radius 3 is 2.88 bits per heavy atom. The number of rotatable bonds is 5. The summed E-state index contributed by atoms with van der Waals surface area (Å²) in [6.45, 7) is 3.04. The second-order valence-corrected chi connectivity index (χ2v) is 6.33. The Labute approximate surface area is 145 Å². The maximum absolute atomic E-state index is 13.5. The number of pyridine rings is 1. The first kappa shape index (κ1) is 17.4. The SMILES string of the molecule is Cc1ccc(C(=O)N(Cc2cccc(F)c2)C[C@@H]2CCCO2)c(=O)[nH]1. The zero-order valence-corrected chi connectivity index (χ0v) is 14.1. The first-order chi connectivity index (χ1) is 12.0. The Hall–Kier alpha value is -2.47. The molecule has 0 spiro atoms. The van der Waals surface area contributed by atoms with Crippen LogP contribution in [0.5, 0.6) is 0 Å². The molecule has 1 aromatic carbocycles. The first-order valence-electron chi connectivity index (χ1n) is 8.38. The quantitative estimate of drug-likeness (QED) is 0.907. The van der Waals surface area contributed by atoms with E-state index in [1.165, 1.54) is 18.2 Å². The van der Waals surface area contributed by atoms with Gasteiger partial charge >= 0.3 is 0 Å².